The summed E-state index contributed by atoms with van der Waals surface area (Å²) in [5, 5.41) is 11.5. The Bertz CT molecular complexity index is 2070. The second-order valence-electron chi connectivity index (χ2n) is 17.1. The number of nitrogens with zero attached hydrogens (tertiary/aromatic N) is 4. The molecule has 0 bridgehead atoms. The minimum atomic E-state index is -3.72. The van der Waals surface area contributed by atoms with Crippen molar-refractivity contribution in [3.05, 3.63) is 60.2 Å². The highest BCUT2D eigenvalue weighted by Crippen LogP contribution is 2.38. The number of fused-ring (bicyclic) bond motifs is 2. The number of halogens is 2. The SMILES string of the molecule is CN[C@@H](C)C(=O)N[C@@H](CCCC[C@H](NC(=O)[C@H](C)NC)C(=O)N1CC[C@@H]2[C@H]1[C@@H](Oc1ccc(F)cc1)CN2S(C)(=O)=O)C(=O)N1CC[C@@H]2[C@H]1[C@@H](Oc1ccc(F)cc1)CN2S(C)(=O)=O. The number of nitrogens with one attached hydrogen (secondary N) is 4. The van der Waals surface area contributed by atoms with E-state index in [0.717, 1.165) is 12.5 Å². The fourth-order valence-corrected chi connectivity index (χ4v) is 11.6. The number of rotatable bonds is 19. The summed E-state index contributed by atoms with van der Waals surface area (Å²) >= 11 is 0. The summed E-state index contributed by atoms with van der Waals surface area (Å²) < 4.78 is 94.2. The van der Waals surface area contributed by atoms with Crippen LogP contribution in [0.5, 0.6) is 11.5 Å². The van der Waals surface area contributed by atoms with Crippen LogP contribution in [-0.4, -0.2) is 172 Å². The van der Waals surface area contributed by atoms with Gasteiger partial charge in [0.05, 0.1) is 61.9 Å². The van der Waals surface area contributed by atoms with Gasteiger partial charge in [0.1, 0.15) is 47.4 Å². The van der Waals surface area contributed by atoms with Crippen molar-refractivity contribution >= 4 is 43.7 Å². The van der Waals surface area contributed by atoms with E-state index >= 15 is 0 Å². The van der Waals surface area contributed by atoms with Crippen LogP contribution in [0.2, 0.25) is 0 Å². The Kier molecular flexibility index (Phi) is 15.6. The Hall–Kier alpha value is -4.48. The minimum absolute atomic E-state index is 0.0412. The second-order valence-corrected chi connectivity index (χ2v) is 20.9. The number of likely N-dealkylation sites (tertiary alicyclic amines) is 2. The predicted octanol–water partition coefficient (Wildman–Crippen LogP) is 0.395. The summed E-state index contributed by atoms with van der Waals surface area (Å²) in [4.78, 5) is 58.9. The highest BCUT2D eigenvalue weighted by atomic mass is 32.2. The molecule has 4 amide bonds. The number of likely N-dealkylation sites (N-methyl/N-ethyl adjacent to an activating group) is 2. The molecule has 0 aliphatic carbocycles. The lowest BCUT2D eigenvalue weighted by molar-refractivity contribution is -0.139. The smallest absolute Gasteiger partial charge is 0.245 e. The van der Waals surface area contributed by atoms with Gasteiger partial charge >= 0.3 is 0 Å². The van der Waals surface area contributed by atoms with Crippen molar-refractivity contribution in [2.45, 2.75) is 113 Å². The molecule has 2 aromatic carbocycles. The van der Waals surface area contributed by atoms with E-state index in [4.69, 9.17) is 9.47 Å². The fraction of sp³-hybridized carbons (Fsp3) is 0.619. The Morgan fingerprint density at radius 3 is 1.30 bits per heavy atom. The average Bonchev–Trinajstić information content (AvgIpc) is 4.04. The van der Waals surface area contributed by atoms with Crippen molar-refractivity contribution in [2.24, 2.45) is 0 Å². The van der Waals surface area contributed by atoms with Crippen LogP contribution in [0.1, 0.15) is 52.4 Å². The number of sulfonamides is 2. The van der Waals surface area contributed by atoms with Crippen LogP contribution < -0.4 is 30.7 Å². The Morgan fingerprint density at radius 2 is 0.984 bits per heavy atom. The zero-order valence-corrected chi connectivity index (χ0v) is 38.5. The molecule has 4 saturated heterocycles. The third-order valence-corrected chi connectivity index (χ3v) is 15.3. The number of hydrogen-bond acceptors (Lipinski definition) is 12. The molecular formula is C42H60F2N8O10S2. The van der Waals surface area contributed by atoms with Crippen molar-refractivity contribution in [3.63, 3.8) is 0 Å². The summed E-state index contributed by atoms with van der Waals surface area (Å²) in [5.74, 6) is -2.13. The molecule has 64 heavy (non-hydrogen) atoms. The first-order valence-corrected chi connectivity index (χ1v) is 25.3. The zero-order valence-electron chi connectivity index (χ0n) is 36.9. The van der Waals surface area contributed by atoms with Crippen molar-refractivity contribution in [1.29, 1.82) is 0 Å². The van der Waals surface area contributed by atoms with Gasteiger partial charge in [-0.1, -0.05) is 12.8 Å². The first-order valence-electron chi connectivity index (χ1n) is 21.6. The lowest BCUT2D eigenvalue weighted by Crippen LogP contribution is -2.56. The molecule has 0 saturated carbocycles. The van der Waals surface area contributed by atoms with Gasteiger partial charge in [-0.05, 0) is 102 Å². The van der Waals surface area contributed by atoms with Gasteiger partial charge in [0, 0.05) is 13.1 Å². The number of carbonyl (C=O) groups excluding carboxylic acids is 4. The van der Waals surface area contributed by atoms with Gasteiger partial charge in [-0.3, -0.25) is 19.2 Å². The van der Waals surface area contributed by atoms with Crippen LogP contribution in [0.15, 0.2) is 48.5 Å². The van der Waals surface area contributed by atoms with E-state index in [1.165, 1.54) is 57.1 Å². The van der Waals surface area contributed by atoms with E-state index in [0.29, 0.717) is 37.2 Å². The van der Waals surface area contributed by atoms with E-state index in [2.05, 4.69) is 21.3 Å². The van der Waals surface area contributed by atoms with E-state index in [-0.39, 0.29) is 39.0 Å². The minimum Gasteiger partial charge on any atom is -0.487 e. The van der Waals surface area contributed by atoms with Gasteiger partial charge < -0.3 is 40.5 Å². The molecule has 18 nitrogen and oxygen atoms in total. The van der Waals surface area contributed by atoms with Crippen molar-refractivity contribution in [3.8, 4) is 11.5 Å². The number of ether oxygens (including phenoxy) is 2. The zero-order chi connectivity index (χ0) is 46.7. The van der Waals surface area contributed by atoms with E-state index < -0.39 is 116 Å². The molecule has 10 atom stereocenters. The maximum atomic E-state index is 14.6. The van der Waals surface area contributed by atoms with Crippen LogP contribution in [0.25, 0.3) is 0 Å². The molecule has 4 N–H and O–H groups in total. The van der Waals surface area contributed by atoms with Gasteiger partial charge in [-0.15, -0.1) is 0 Å². The van der Waals surface area contributed by atoms with Crippen molar-refractivity contribution in [2.75, 3.05) is 52.8 Å². The number of hydrogen-bond donors (Lipinski definition) is 4. The first-order chi connectivity index (χ1) is 30.2. The van der Waals surface area contributed by atoms with Crippen LogP contribution in [0.4, 0.5) is 8.78 Å². The Labute approximate surface area is 373 Å². The largest absolute Gasteiger partial charge is 0.487 e. The topological polar surface area (TPSA) is 216 Å². The number of amides is 4. The van der Waals surface area contributed by atoms with Crippen molar-refractivity contribution in [1.82, 2.24) is 39.7 Å². The second kappa shape index (κ2) is 20.4. The molecule has 0 spiro atoms. The Balaban J connectivity index is 1.20. The monoisotopic (exact) mass is 938 g/mol. The van der Waals surface area contributed by atoms with Crippen molar-refractivity contribution < 1.29 is 54.3 Å². The molecule has 4 aliphatic heterocycles. The van der Waals surface area contributed by atoms with E-state index in [1.807, 2.05) is 0 Å². The standard InChI is InChI=1S/C42H60F2N8O10S2/c1-25(45-3)39(53)47-31(41(55)49-21-19-33-37(49)35(23-51(33)63(5,57)58)61-29-15-11-27(43)12-16-29)9-7-8-10-32(48-40(54)26(2)46-4)42(56)50-22-20-34-38(50)36(24-52(34)64(6,59)60)62-30-17-13-28(44)14-18-30/h11-18,25-26,31-38,45-46H,7-10,19-24H2,1-6H3,(H,47,53)(H,48,54)/t25-,26-,31-,32-,33+,34+,35-,36-,37-,38-/m0/s1. The van der Waals surface area contributed by atoms with Crippen LogP contribution >= 0.6 is 0 Å². The normalized spacial score (nSPS) is 25.6. The summed E-state index contributed by atoms with van der Waals surface area (Å²) in [6.07, 6.45) is 2.11. The lowest BCUT2D eigenvalue weighted by atomic mass is 10.0. The van der Waals surface area contributed by atoms with Gasteiger partial charge in [-0.25, -0.2) is 25.6 Å². The first kappa shape index (κ1) is 49.0. The van der Waals surface area contributed by atoms with Crippen LogP contribution in [-0.2, 0) is 39.2 Å². The molecule has 0 radical (unpaired) electrons. The fourth-order valence-electron chi connectivity index (χ4n) is 9.30. The Morgan fingerprint density at radius 1 is 0.641 bits per heavy atom. The molecule has 4 fully saturated rings. The predicted molar refractivity (Wildman–Crippen MR) is 232 cm³/mol. The molecule has 354 valence electrons. The van der Waals surface area contributed by atoms with Crippen LogP contribution in [0.3, 0.4) is 0 Å². The lowest BCUT2D eigenvalue weighted by Gasteiger charge is -2.33. The molecule has 0 aromatic heterocycles. The van der Waals surface area contributed by atoms with Gasteiger partial charge in [0.15, 0.2) is 0 Å². The van der Waals surface area contributed by atoms with Gasteiger partial charge in [0.2, 0.25) is 43.7 Å². The molecular weight excluding hydrogens is 879 g/mol. The molecule has 0 unspecified atom stereocenters. The molecule has 4 aliphatic rings. The molecule has 4 heterocycles. The quantitative estimate of drug-likeness (QED) is 0.141. The summed E-state index contributed by atoms with van der Waals surface area (Å²) in [6, 6.07) is 4.53. The maximum Gasteiger partial charge on any atom is 0.245 e. The number of carbonyl (C=O) groups is 4. The summed E-state index contributed by atoms with van der Waals surface area (Å²) in [6.45, 7) is 3.56. The number of benzene rings is 2. The molecule has 22 heteroatoms. The highest BCUT2D eigenvalue weighted by molar-refractivity contribution is 7.88. The van der Waals surface area contributed by atoms with Crippen LogP contribution in [0, 0.1) is 11.6 Å². The third-order valence-electron chi connectivity index (χ3n) is 12.8. The van der Waals surface area contributed by atoms with Gasteiger partial charge in [-0.2, -0.15) is 8.61 Å². The summed E-state index contributed by atoms with van der Waals surface area (Å²) in [5.41, 5.74) is 0. The van der Waals surface area contributed by atoms with E-state index in [1.54, 1.807) is 37.7 Å². The summed E-state index contributed by atoms with van der Waals surface area (Å²) in [7, 11) is -4.23. The van der Waals surface area contributed by atoms with Gasteiger partial charge in [0.25, 0.3) is 0 Å². The van der Waals surface area contributed by atoms with E-state index in [9.17, 15) is 44.8 Å². The highest BCUT2D eigenvalue weighted by Gasteiger charge is 2.56. The third kappa shape index (κ3) is 11.1. The maximum absolute atomic E-state index is 14.6. The molecule has 6 rings (SSSR count). The molecule has 2 aromatic rings. The number of unbranched alkanes of at least 4 members (excludes halogenated alkanes) is 1. The average molecular weight is 939 g/mol.